The van der Waals surface area contributed by atoms with Crippen LogP contribution in [0.4, 0.5) is 0 Å². The summed E-state index contributed by atoms with van der Waals surface area (Å²) in [4.78, 5) is 30.6. The van der Waals surface area contributed by atoms with Gasteiger partial charge in [-0.05, 0) is 67.0 Å². The maximum atomic E-state index is 13.3. The molecule has 166 valence electrons. The van der Waals surface area contributed by atoms with Gasteiger partial charge >= 0.3 is 0 Å². The van der Waals surface area contributed by atoms with Crippen LogP contribution in [0.5, 0.6) is 5.75 Å². The van der Waals surface area contributed by atoms with Gasteiger partial charge < -0.3 is 19.3 Å². The van der Waals surface area contributed by atoms with E-state index in [0.29, 0.717) is 18.2 Å². The number of hydrogen-bond acceptors (Lipinski definition) is 5. The van der Waals surface area contributed by atoms with Crippen molar-refractivity contribution in [1.29, 1.82) is 0 Å². The molecule has 1 aliphatic carbocycles. The molecule has 2 amide bonds. The first-order chi connectivity index (χ1) is 15.0. The van der Waals surface area contributed by atoms with Crippen LogP contribution in [0.3, 0.4) is 0 Å². The zero-order valence-electron chi connectivity index (χ0n) is 17.8. The number of carbonyl (C=O) groups is 2. The molecule has 1 fully saturated rings. The van der Waals surface area contributed by atoms with E-state index in [2.05, 4.69) is 11.4 Å². The number of aryl methyl sites for hydroxylation is 1. The predicted molar refractivity (Wildman–Crippen MR) is 121 cm³/mol. The Morgan fingerprint density at radius 3 is 2.81 bits per heavy atom. The van der Waals surface area contributed by atoms with E-state index in [1.165, 1.54) is 12.0 Å². The summed E-state index contributed by atoms with van der Waals surface area (Å²) in [5.74, 6) is 0.552. The standard InChI is InChI=1S/C23H27ClN2O4S/c1-15-11-17(5-6-19(15)24)30-13-20-18-8-10-31-21(18)7-9-25(20)22(27)12-26(16-3-4-16)23(28)14-29-2/h5-6,8,10-11,16,20H,3-4,7,9,12-14H2,1-2H3/t20-/m0/s1. The van der Waals surface area contributed by atoms with Crippen molar-refractivity contribution < 1.29 is 19.1 Å². The summed E-state index contributed by atoms with van der Waals surface area (Å²) in [6, 6.07) is 7.62. The van der Waals surface area contributed by atoms with Crippen LogP contribution in [0.2, 0.25) is 5.02 Å². The third-order valence-electron chi connectivity index (χ3n) is 5.83. The fraction of sp³-hybridized carbons (Fsp3) is 0.478. The Balaban J connectivity index is 1.50. The van der Waals surface area contributed by atoms with Gasteiger partial charge in [-0.1, -0.05) is 11.6 Å². The number of rotatable bonds is 8. The van der Waals surface area contributed by atoms with E-state index in [1.54, 1.807) is 16.2 Å². The number of methoxy groups -OCH3 is 1. The number of fused-ring (bicyclic) bond motifs is 1. The lowest BCUT2D eigenvalue weighted by Gasteiger charge is -2.37. The number of hydrogen-bond donors (Lipinski definition) is 0. The molecule has 31 heavy (non-hydrogen) atoms. The van der Waals surface area contributed by atoms with Gasteiger partial charge in [0.15, 0.2) is 0 Å². The highest BCUT2D eigenvalue weighted by Crippen LogP contribution is 2.35. The molecule has 2 aliphatic rings. The van der Waals surface area contributed by atoms with E-state index < -0.39 is 0 Å². The second-order valence-electron chi connectivity index (χ2n) is 8.06. The Hall–Kier alpha value is -2.09. The van der Waals surface area contributed by atoms with Crippen LogP contribution in [-0.4, -0.2) is 61.1 Å². The lowest BCUT2D eigenvalue weighted by molar-refractivity contribution is -0.145. The molecule has 4 rings (SSSR count). The van der Waals surface area contributed by atoms with Crippen molar-refractivity contribution in [3.8, 4) is 5.75 Å². The second kappa shape index (κ2) is 9.59. The fourth-order valence-corrected chi connectivity index (χ4v) is 5.05. The molecule has 0 spiro atoms. The molecule has 2 heterocycles. The monoisotopic (exact) mass is 462 g/mol. The Morgan fingerprint density at radius 2 is 2.10 bits per heavy atom. The van der Waals surface area contributed by atoms with Gasteiger partial charge in [-0.3, -0.25) is 9.59 Å². The Bertz CT molecular complexity index is 959. The van der Waals surface area contributed by atoms with E-state index in [4.69, 9.17) is 21.1 Å². The number of amides is 2. The van der Waals surface area contributed by atoms with Crippen LogP contribution in [0.15, 0.2) is 29.6 Å². The molecule has 0 N–H and O–H groups in total. The quantitative estimate of drug-likeness (QED) is 0.597. The Kier molecular flexibility index (Phi) is 6.84. The molecule has 1 saturated carbocycles. The Labute approximate surface area is 191 Å². The fourth-order valence-electron chi connectivity index (χ4n) is 4.01. The molecule has 1 aromatic heterocycles. The highest BCUT2D eigenvalue weighted by molar-refractivity contribution is 7.10. The number of ether oxygens (including phenoxy) is 2. The zero-order chi connectivity index (χ0) is 22.0. The molecule has 0 unspecified atom stereocenters. The molecule has 0 radical (unpaired) electrons. The first-order valence-corrected chi connectivity index (χ1v) is 11.8. The van der Waals surface area contributed by atoms with Gasteiger partial charge in [-0.2, -0.15) is 0 Å². The lowest BCUT2D eigenvalue weighted by atomic mass is 10.0. The van der Waals surface area contributed by atoms with Crippen LogP contribution >= 0.6 is 22.9 Å². The largest absolute Gasteiger partial charge is 0.491 e. The molecule has 0 saturated heterocycles. The third-order valence-corrected chi connectivity index (χ3v) is 7.25. The van der Waals surface area contributed by atoms with Gasteiger partial charge in [0.2, 0.25) is 11.8 Å². The summed E-state index contributed by atoms with van der Waals surface area (Å²) in [5.41, 5.74) is 2.08. The number of thiophene rings is 1. The van der Waals surface area contributed by atoms with Gasteiger partial charge in [0, 0.05) is 29.6 Å². The zero-order valence-corrected chi connectivity index (χ0v) is 19.4. The van der Waals surface area contributed by atoms with Crippen molar-refractivity contribution in [2.24, 2.45) is 0 Å². The minimum Gasteiger partial charge on any atom is -0.491 e. The first-order valence-electron chi connectivity index (χ1n) is 10.5. The summed E-state index contributed by atoms with van der Waals surface area (Å²) in [5, 5.41) is 2.76. The molecule has 1 aromatic carbocycles. The van der Waals surface area contributed by atoms with E-state index in [9.17, 15) is 9.59 Å². The normalized spacial score (nSPS) is 17.9. The molecule has 0 bridgehead atoms. The van der Waals surface area contributed by atoms with Crippen LogP contribution in [0.1, 0.15) is 34.9 Å². The van der Waals surface area contributed by atoms with Crippen molar-refractivity contribution in [3.63, 3.8) is 0 Å². The van der Waals surface area contributed by atoms with Crippen LogP contribution in [0, 0.1) is 6.92 Å². The number of carbonyl (C=O) groups excluding carboxylic acids is 2. The minimum absolute atomic E-state index is 0.000909. The average Bonchev–Trinajstić information content (AvgIpc) is 3.48. The molecule has 6 nitrogen and oxygen atoms in total. The van der Waals surface area contributed by atoms with E-state index in [-0.39, 0.29) is 37.0 Å². The van der Waals surface area contributed by atoms with E-state index >= 15 is 0 Å². The SMILES string of the molecule is COCC(=O)N(CC(=O)N1CCc2sccc2[C@@H]1COc1ccc(Cl)c(C)c1)C1CC1. The van der Waals surface area contributed by atoms with Crippen LogP contribution in [0.25, 0.3) is 0 Å². The number of halogens is 1. The van der Waals surface area contributed by atoms with Gasteiger partial charge in [0.05, 0.1) is 6.04 Å². The maximum Gasteiger partial charge on any atom is 0.249 e. The van der Waals surface area contributed by atoms with Crippen molar-refractivity contribution in [2.75, 3.05) is 33.4 Å². The smallest absolute Gasteiger partial charge is 0.249 e. The van der Waals surface area contributed by atoms with Gasteiger partial charge in [-0.15, -0.1) is 11.3 Å². The average molecular weight is 463 g/mol. The topological polar surface area (TPSA) is 59.1 Å². The molecule has 1 atom stereocenters. The lowest BCUT2D eigenvalue weighted by Crippen LogP contribution is -2.49. The molecule has 2 aromatic rings. The maximum absolute atomic E-state index is 13.3. The van der Waals surface area contributed by atoms with Crippen molar-refractivity contribution in [1.82, 2.24) is 9.80 Å². The van der Waals surface area contributed by atoms with Crippen LogP contribution in [-0.2, 0) is 20.7 Å². The van der Waals surface area contributed by atoms with E-state index in [1.807, 2.05) is 30.0 Å². The summed E-state index contributed by atoms with van der Waals surface area (Å²) < 4.78 is 11.1. The van der Waals surface area contributed by atoms with E-state index in [0.717, 1.165) is 36.1 Å². The third kappa shape index (κ3) is 5.05. The number of benzene rings is 1. The molecule has 1 aliphatic heterocycles. The van der Waals surface area contributed by atoms with Crippen molar-refractivity contribution in [3.05, 3.63) is 50.7 Å². The molecular weight excluding hydrogens is 436 g/mol. The summed E-state index contributed by atoms with van der Waals surface area (Å²) in [6.07, 6.45) is 2.71. The van der Waals surface area contributed by atoms with Gasteiger partial charge in [-0.25, -0.2) is 0 Å². The first kappa shape index (κ1) is 22.1. The highest BCUT2D eigenvalue weighted by atomic mass is 35.5. The minimum atomic E-state index is -0.183. The summed E-state index contributed by atoms with van der Waals surface area (Å²) in [6.45, 7) is 3.00. The second-order valence-corrected chi connectivity index (χ2v) is 9.47. The van der Waals surface area contributed by atoms with Crippen molar-refractivity contribution in [2.45, 2.75) is 38.3 Å². The Morgan fingerprint density at radius 1 is 1.29 bits per heavy atom. The number of nitrogens with zero attached hydrogens (tertiary/aromatic N) is 2. The molecule has 8 heteroatoms. The van der Waals surface area contributed by atoms with Crippen molar-refractivity contribution >= 4 is 34.8 Å². The highest BCUT2D eigenvalue weighted by Gasteiger charge is 2.37. The summed E-state index contributed by atoms with van der Waals surface area (Å²) in [7, 11) is 1.50. The van der Waals surface area contributed by atoms with Gasteiger partial charge in [0.25, 0.3) is 0 Å². The predicted octanol–water partition coefficient (Wildman–Crippen LogP) is 3.85. The summed E-state index contributed by atoms with van der Waals surface area (Å²) >= 11 is 7.84. The molecular formula is C23H27ClN2O4S. The van der Waals surface area contributed by atoms with Gasteiger partial charge in [0.1, 0.15) is 25.5 Å². The van der Waals surface area contributed by atoms with Crippen LogP contribution < -0.4 is 4.74 Å².